The molecular weight excluding hydrogens is 467 g/mol. The number of hydrogen-bond donors (Lipinski definition) is 2. The Bertz CT molecular complexity index is 616. The zero-order chi connectivity index (χ0) is 19.5. The van der Waals surface area contributed by atoms with Crippen molar-refractivity contribution in [2.75, 3.05) is 46.0 Å². The largest absolute Gasteiger partial charge is 0.489 e. The number of nitrogens with one attached hydrogen (secondary N) is 2. The molecule has 0 spiro atoms. The standard InChI is InChI=1S/C21H34N4O2.HI/c1-5-13-27-19-10-8-7-9-18(19)16-23-20(22-6-2)24-17-21(3,4)25-11-14-26-15-12-25;/h5,7-10H,1,6,11-17H2,2-4H3,(H2,22,23,24);1H. The Morgan fingerprint density at radius 3 is 2.68 bits per heavy atom. The van der Waals surface area contributed by atoms with Gasteiger partial charge in [0, 0.05) is 37.3 Å². The summed E-state index contributed by atoms with van der Waals surface area (Å²) in [6, 6.07) is 7.99. The summed E-state index contributed by atoms with van der Waals surface area (Å²) in [5, 5.41) is 6.82. The highest BCUT2D eigenvalue weighted by molar-refractivity contribution is 14.0. The van der Waals surface area contributed by atoms with Crippen LogP contribution in [0.1, 0.15) is 26.3 Å². The number of para-hydroxylation sites is 1. The monoisotopic (exact) mass is 502 g/mol. The highest BCUT2D eigenvalue weighted by Crippen LogP contribution is 2.19. The smallest absolute Gasteiger partial charge is 0.191 e. The van der Waals surface area contributed by atoms with Crippen LogP contribution in [-0.2, 0) is 11.3 Å². The van der Waals surface area contributed by atoms with E-state index >= 15 is 0 Å². The minimum absolute atomic E-state index is 0. The zero-order valence-electron chi connectivity index (χ0n) is 17.4. The van der Waals surface area contributed by atoms with Gasteiger partial charge in [-0.25, -0.2) is 4.99 Å². The Kier molecular flexibility index (Phi) is 11.5. The Hall–Kier alpha value is -1.32. The van der Waals surface area contributed by atoms with Crippen molar-refractivity contribution >= 4 is 29.9 Å². The molecule has 1 heterocycles. The van der Waals surface area contributed by atoms with Gasteiger partial charge in [-0.3, -0.25) is 4.90 Å². The quantitative estimate of drug-likeness (QED) is 0.235. The van der Waals surface area contributed by atoms with Crippen LogP contribution in [0.25, 0.3) is 0 Å². The third-order valence-corrected chi connectivity index (χ3v) is 4.64. The fraction of sp³-hybridized carbons (Fsp3) is 0.571. The predicted molar refractivity (Wildman–Crippen MR) is 127 cm³/mol. The van der Waals surface area contributed by atoms with Gasteiger partial charge in [0.25, 0.3) is 0 Å². The summed E-state index contributed by atoms with van der Waals surface area (Å²) in [6.45, 7) is 16.5. The van der Waals surface area contributed by atoms with Crippen molar-refractivity contribution in [1.29, 1.82) is 0 Å². The number of aliphatic imine (C=N–C) groups is 1. The number of ether oxygens (including phenoxy) is 2. The van der Waals surface area contributed by atoms with Gasteiger partial charge >= 0.3 is 0 Å². The fourth-order valence-corrected chi connectivity index (χ4v) is 3.01. The van der Waals surface area contributed by atoms with Crippen LogP contribution in [0.4, 0.5) is 0 Å². The normalized spacial score (nSPS) is 15.5. The molecule has 0 aromatic heterocycles. The second-order valence-corrected chi connectivity index (χ2v) is 7.17. The Morgan fingerprint density at radius 2 is 2.00 bits per heavy atom. The van der Waals surface area contributed by atoms with Crippen molar-refractivity contribution in [2.24, 2.45) is 4.99 Å². The van der Waals surface area contributed by atoms with E-state index in [4.69, 9.17) is 14.5 Å². The number of guanidine groups is 1. The molecule has 1 saturated heterocycles. The van der Waals surface area contributed by atoms with Crippen LogP contribution in [0.2, 0.25) is 0 Å². The molecule has 6 nitrogen and oxygen atoms in total. The molecule has 0 aliphatic carbocycles. The highest BCUT2D eigenvalue weighted by Gasteiger charge is 2.28. The van der Waals surface area contributed by atoms with Crippen molar-refractivity contribution in [3.8, 4) is 5.75 Å². The molecule has 1 aromatic rings. The molecule has 2 rings (SSSR count). The van der Waals surface area contributed by atoms with Crippen molar-refractivity contribution in [1.82, 2.24) is 15.5 Å². The Balaban J connectivity index is 0.00000392. The fourth-order valence-electron chi connectivity index (χ4n) is 3.01. The molecule has 1 aliphatic rings. The van der Waals surface area contributed by atoms with E-state index in [-0.39, 0.29) is 29.5 Å². The van der Waals surface area contributed by atoms with Gasteiger partial charge in [-0.05, 0) is 26.8 Å². The number of nitrogens with zero attached hydrogens (tertiary/aromatic N) is 2. The third-order valence-electron chi connectivity index (χ3n) is 4.64. The molecule has 0 atom stereocenters. The number of morpholine rings is 1. The summed E-state index contributed by atoms with van der Waals surface area (Å²) < 4.78 is 11.2. The number of rotatable bonds is 9. The molecule has 2 N–H and O–H groups in total. The molecule has 0 unspecified atom stereocenters. The summed E-state index contributed by atoms with van der Waals surface area (Å²) in [5.41, 5.74) is 1.09. The van der Waals surface area contributed by atoms with E-state index in [9.17, 15) is 0 Å². The lowest BCUT2D eigenvalue weighted by molar-refractivity contribution is -0.00834. The maximum absolute atomic E-state index is 5.73. The average Bonchev–Trinajstić information content (AvgIpc) is 2.70. The SMILES string of the molecule is C=CCOc1ccccc1CN=C(NCC)NCC(C)(C)N1CCOCC1.I. The molecule has 1 fully saturated rings. The van der Waals surface area contributed by atoms with Gasteiger partial charge in [-0.1, -0.05) is 30.9 Å². The van der Waals surface area contributed by atoms with Crippen LogP contribution in [0, 0.1) is 0 Å². The van der Waals surface area contributed by atoms with E-state index in [2.05, 4.69) is 42.9 Å². The lowest BCUT2D eigenvalue weighted by atomic mass is 10.0. The van der Waals surface area contributed by atoms with E-state index < -0.39 is 0 Å². The van der Waals surface area contributed by atoms with Crippen molar-refractivity contribution < 1.29 is 9.47 Å². The number of benzene rings is 1. The van der Waals surface area contributed by atoms with Crippen LogP contribution in [-0.4, -0.2) is 62.4 Å². The second-order valence-electron chi connectivity index (χ2n) is 7.17. The first-order valence-electron chi connectivity index (χ1n) is 9.73. The Labute approximate surface area is 186 Å². The van der Waals surface area contributed by atoms with Crippen LogP contribution in [0.15, 0.2) is 41.9 Å². The van der Waals surface area contributed by atoms with Crippen LogP contribution in [0.5, 0.6) is 5.75 Å². The molecule has 0 saturated carbocycles. The maximum Gasteiger partial charge on any atom is 0.191 e. The third kappa shape index (κ3) is 7.97. The summed E-state index contributed by atoms with van der Waals surface area (Å²) in [7, 11) is 0. The summed E-state index contributed by atoms with van der Waals surface area (Å²) in [4.78, 5) is 7.21. The van der Waals surface area contributed by atoms with Gasteiger partial charge in [-0.2, -0.15) is 0 Å². The van der Waals surface area contributed by atoms with Crippen LogP contribution < -0.4 is 15.4 Å². The van der Waals surface area contributed by atoms with E-state index in [0.29, 0.717) is 13.2 Å². The van der Waals surface area contributed by atoms with Gasteiger partial charge in [0.1, 0.15) is 12.4 Å². The minimum Gasteiger partial charge on any atom is -0.489 e. The zero-order valence-corrected chi connectivity index (χ0v) is 19.7. The molecule has 0 bridgehead atoms. The summed E-state index contributed by atoms with van der Waals surface area (Å²) >= 11 is 0. The van der Waals surface area contributed by atoms with Gasteiger partial charge in [0.05, 0.1) is 19.8 Å². The summed E-state index contributed by atoms with van der Waals surface area (Å²) in [5.74, 6) is 1.67. The lowest BCUT2D eigenvalue weighted by Crippen LogP contribution is -2.56. The maximum atomic E-state index is 5.73. The lowest BCUT2D eigenvalue weighted by Gasteiger charge is -2.41. The molecule has 1 aromatic carbocycles. The van der Waals surface area contributed by atoms with Gasteiger partial charge in [-0.15, -0.1) is 24.0 Å². The topological polar surface area (TPSA) is 58.1 Å². The Morgan fingerprint density at radius 1 is 1.29 bits per heavy atom. The van der Waals surface area contributed by atoms with E-state index in [1.54, 1.807) is 6.08 Å². The van der Waals surface area contributed by atoms with E-state index in [0.717, 1.165) is 56.7 Å². The molecule has 158 valence electrons. The second kappa shape index (κ2) is 13.0. The first-order chi connectivity index (χ1) is 13.1. The van der Waals surface area contributed by atoms with Crippen LogP contribution >= 0.6 is 24.0 Å². The molecule has 1 aliphatic heterocycles. The van der Waals surface area contributed by atoms with Crippen LogP contribution in [0.3, 0.4) is 0 Å². The van der Waals surface area contributed by atoms with Crippen molar-refractivity contribution in [3.63, 3.8) is 0 Å². The van der Waals surface area contributed by atoms with Gasteiger partial charge in [0.2, 0.25) is 0 Å². The van der Waals surface area contributed by atoms with Crippen molar-refractivity contribution in [2.45, 2.75) is 32.9 Å². The van der Waals surface area contributed by atoms with E-state index in [1.165, 1.54) is 0 Å². The van der Waals surface area contributed by atoms with Gasteiger partial charge in [0.15, 0.2) is 5.96 Å². The average molecular weight is 502 g/mol. The number of hydrogen-bond acceptors (Lipinski definition) is 4. The summed E-state index contributed by atoms with van der Waals surface area (Å²) in [6.07, 6.45) is 1.75. The molecule has 0 amide bonds. The predicted octanol–water partition coefficient (Wildman–Crippen LogP) is 3.04. The minimum atomic E-state index is 0. The molecule has 0 radical (unpaired) electrons. The first kappa shape index (κ1) is 24.7. The number of halogens is 1. The highest BCUT2D eigenvalue weighted by atomic mass is 127. The molecule has 7 heteroatoms. The van der Waals surface area contributed by atoms with Crippen molar-refractivity contribution in [3.05, 3.63) is 42.5 Å². The van der Waals surface area contributed by atoms with E-state index in [1.807, 2.05) is 24.3 Å². The van der Waals surface area contributed by atoms with Gasteiger partial charge < -0.3 is 20.1 Å². The molecular formula is C21H35IN4O2. The molecule has 28 heavy (non-hydrogen) atoms. The first-order valence-corrected chi connectivity index (χ1v) is 9.73.